The van der Waals surface area contributed by atoms with Crippen LogP contribution in [0.15, 0.2) is 18.2 Å². The Morgan fingerprint density at radius 3 is 2.63 bits per heavy atom. The molecule has 1 aliphatic rings. The van der Waals surface area contributed by atoms with Gasteiger partial charge in [0.1, 0.15) is 0 Å². The van der Waals surface area contributed by atoms with Crippen LogP contribution in [0.1, 0.15) is 29.8 Å². The van der Waals surface area contributed by atoms with Crippen LogP contribution in [0.25, 0.3) is 0 Å². The van der Waals surface area contributed by atoms with Crippen LogP contribution in [-0.2, 0) is 11.2 Å². The SMILES string of the molecule is CC(N)C(C)C(=O)N1CCc2ccc(C(=O)O)cc21. The molecule has 2 atom stereocenters. The van der Waals surface area contributed by atoms with E-state index in [0.717, 1.165) is 12.0 Å². The van der Waals surface area contributed by atoms with Gasteiger partial charge in [0.15, 0.2) is 0 Å². The van der Waals surface area contributed by atoms with Crippen molar-refractivity contribution in [3.05, 3.63) is 29.3 Å². The van der Waals surface area contributed by atoms with Crippen molar-refractivity contribution in [1.82, 2.24) is 0 Å². The Kier molecular flexibility index (Phi) is 3.57. The highest BCUT2D eigenvalue weighted by Crippen LogP contribution is 2.30. The predicted molar refractivity (Wildman–Crippen MR) is 72.3 cm³/mol. The summed E-state index contributed by atoms with van der Waals surface area (Å²) >= 11 is 0. The molecule has 3 N–H and O–H groups in total. The molecule has 1 heterocycles. The molecule has 1 aromatic rings. The van der Waals surface area contributed by atoms with Crippen LogP contribution in [-0.4, -0.2) is 29.6 Å². The minimum Gasteiger partial charge on any atom is -0.478 e. The van der Waals surface area contributed by atoms with Crippen LogP contribution in [0.2, 0.25) is 0 Å². The van der Waals surface area contributed by atoms with Crippen molar-refractivity contribution in [1.29, 1.82) is 0 Å². The zero-order valence-corrected chi connectivity index (χ0v) is 11.1. The van der Waals surface area contributed by atoms with Crippen LogP contribution in [0, 0.1) is 5.92 Å². The Morgan fingerprint density at radius 2 is 2.05 bits per heavy atom. The first-order chi connectivity index (χ1) is 8.91. The third-order valence-corrected chi connectivity index (χ3v) is 3.67. The lowest BCUT2D eigenvalue weighted by Gasteiger charge is -2.23. The van der Waals surface area contributed by atoms with E-state index in [1.165, 1.54) is 0 Å². The largest absolute Gasteiger partial charge is 0.478 e. The van der Waals surface area contributed by atoms with Crippen LogP contribution in [0.4, 0.5) is 5.69 Å². The second-order valence-electron chi connectivity index (χ2n) is 5.04. The topological polar surface area (TPSA) is 83.6 Å². The third kappa shape index (κ3) is 2.46. The van der Waals surface area contributed by atoms with Gasteiger partial charge in [-0.1, -0.05) is 13.0 Å². The summed E-state index contributed by atoms with van der Waals surface area (Å²) in [7, 11) is 0. The fourth-order valence-corrected chi connectivity index (χ4v) is 2.21. The summed E-state index contributed by atoms with van der Waals surface area (Å²) in [5, 5.41) is 9.01. The van der Waals surface area contributed by atoms with E-state index >= 15 is 0 Å². The number of aromatic carboxylic acids is 1. The molecule has 0 aromatic heterocycles. The minimum absolute atomic E-state index is 0.0451. The van der Waals surface area contributed by atoms with Gasteiger partial charge in [-0.25, -0.2) is 4.79 Å². The van der Waals surface area contributed by atoms with E-state index in [9.17, 15) is 9.59 Å². The minimum atomic E-state index is -0.984. The number of amides is 1. The van der Waals surface area contributed by atoms with Crippen molar-refractivity contribution in [2.45, 2.75) is 26.3 Å². The summed E-state index contributed by atoms with van der Waals surface area (Å²) < 4.78 is 0. The van der Waals surface area contributed by atoms with Gasteiger partial charge in [-0.15, -0.1) is 0 Å². The first-order valence-corrected chi connectivity index (χ1v) is 6.35. The first kappa shape index (κ1) is 13.5. The average molecular weight is 262 g/mol. The van der Waals surface area contributed by atoms with Gasteiger partial charge in [0, 0.05) is 18.3 Å². The van der Waals surface area contributed by atoms with Gasteiger partial charge in [-0.2, -0.15) is 0 Å². The lowest BCUT2D eigenvalue weighted by atomic mass is 10.0. The molecule has 0 fully saturated rings. The summed E-state index contributed by atoms with van der Waals surface area (Å²) in [6, 6.07) is 4.70. The number of carboxylic acids is 1. The fourth-order valence-electron chi connectivity index (χ4n) is 2.21. The summed E-state index contributed by atoms with van der Waals surface area (Å²) in [5.41, 5.74) is 7.68. The van der Waals surface area contributed by atoms with Crippen molar-refractivity contribution < 1.29 is 14.7 Å². The number of nitrogens with zero attached hydrogens (tertiary/aromatic N) is 1. The lowest BCUT2D eigenvalue weighted by molar-refractivity contribution is -0.122. The number of rotatable bonds is 3. The average Bonchev–Trinajstić information content (AvgIpc) is 2.79. The predicted octanol–water partition coefficient (Wildman–Crippen LogP) is 1.26. The van der Waals surface area contributed by atoms with Gasteiger partial charge in [-0.3, -0.25) is 4.79 Å². The van der Waals surface area contributed by atoms with Gasteiger partial charge in [0.05, 0.1) is 11.5 Å². The smallest absolute Gasteiger partial charge is 0.335 e. The van der Waals surface area contributed by atoms with Gasteiger partial charge >= 0.3 is 5.97 Å². The van der Waals surface area contributed by atoms with Crippen LogP contribution >= 0.6 is 0 Å². The summed E-state index contributed by atoms with van der Waals surface area (Å²) in [4.78, 5) is 25.0. The van der Waals surface area contributed by atoms with E-state index in [-0.39, 0.29) is 23.4 Å². The second kappa shape index (κ2) is 5.01. The number of anilines is 1. The monoisotopic (exact) mass is 262 g/mol. The van der Waals surface area contributed by atoms with Gasteiger partial charge in [0.25, 0.3) is 0 Å². The molecule has 1 amide bonds. The number of fused-ring (bicyclic) bond motifs is 1. The molecule has 1 aliphatic heterocycles. The zero-order valence-electron chi connectivity index (χ0n) is 11.1. The maximum Gasteiger partial charge on any atom is 0.335 e. The van der Waals surface area contributed by atoms with Crippen LogP contribution in [0.3, 0.4) is 0 Å². The molecule has 0 saturated carbocycles. The Labute approximate surface area is 112 Å². The van der Waals surface area contributed by atoms with E-state index in [2.05, 4.69) is 0 Å². The highest BCUT2D eigenvalue weighted by atomic mass is 16.4. The van der Waals surface area contributed by atoms with E-state index in [1.807, 2.05) is 0 Å². The van der Waals surface area contributed by atoms with Crippen LogP contribution < -0.4 is 10.6 Å². The Hall–Kier alpha value is -1.88. The summed E-state index contributed by atoms with van der Waals surface area (Å²) in [6.07, 6.45) is 0.757. The maximum absolute atomic E-state index is 12.3. The number of hydrogen-bond donors (Lipinski definition) is 2. The quantitative estimate of drug-likeness (QED) is 0.859. The molecule has 102 valence electrons. The second-order valence-corrected chi connectivity index (χ2v) is 5.04. The number of carbonyl (C=O) groups excluding carboxylic acids is 1. The van der Waals surface area contributed by atoms with Crippen molar-refractivity contribution in [2.24, 2.45) is 11.7 Å². The van der Waals surface area contributed by atoms with Crippen molar-refractivity contribution in [3.8, 4) is 0 Å². The zero-order chi connectivity index (χ0) is 14.2. The Morgan fingerprint density at radius 1 is 1.37 bits per heavy atom. The van der Waals surface area contributed by atoms with Gasteiger partial charge in [-0.05, 0) is 31.0 Å². The Bertz CT molecular complexity index is 525. The fraction of sp³-hybridized carbons (Fsp3) is 0.429. The highest BCUT2D eigenvalue weighted by Gasteiger charge is 2.30. The molecule has 2 unspecified atom stereocenters. The van der Waals surface area contributed by atoms with Crippen molar-refractivity contribution in [3.63, 3.8) is 0 Å². The molecule has 5 nitrogen and oxygen atoms in total. The molecule has 0 aliphatic carbocycles. The van der Waals surface area contributed by atoms with E-state index in [4.69, 9.17) is 10.8 Å². The third-order valence-electron chi connectivity index (χ3n) is 3.67. The molecular formula is C14H18N2O3. The van der Waals surface area contributed by atoms with Gasteiger partial charge in [0.2, 0.25) is 5.91 Å². The Balaban J connectivity index is 2.32. The standard InChI is InChI=1S/C14H18N2O3/c1-8(9(2)15)13(17)16-6-5-10-3-4-11(14(18)19)7-12(10)16/h3-4,7-9H,5-6,15H2,1-2H3,(H,18,19). The summed E-state index contributed by atoms with van der Waals surface area (Å²) in [5.74, 6) is -1.31. The van der Waals surface area contributed by atoms with Crippen LogP contribution in [0.5, 0.6) is 0 Å². The number of carbonyl (C=O) groups is 2. The summed E-state index contributed by atoms with van der Waals surface area (Å²) in [6.45, 7) is 4.19. The van der Waals surface area contributed by atoms with E-state index in [1.54, 1.807) is 36.9 Å². The molecule has 19 heavy (non-hydrogen) atoms. The molecule has 0 spiro atoms. The van der Waals surface area contributed by atoms with Crippen molar-refractivity contribution >= 4 is 17.6 Å². The van der Waals surface area contributed by atoms with Gasteiger partial charge < -0.3 is 15.7 Å². The van der Waals surface area contributed by atoms with E-state index in [0.29, 0.717) is 12.2 Å². The number of carboxylic acid groups (broad SMARTS) is 1. The van der Waals surface area contributed by atoms with E-state index < -0.39 is 5.97 Å². The number of nitrogens with two attached hydrogens (primary N) is 1. The first-order valence-electron chi connectivity index (χ1n) is 6.35. The normalized spacial score (nSPS) is 16.9. The molecule has 1 aromatic carbocycles. The molecule has 0 saturated heterocycles. The van der Waals surface area contributed by atoms with Crippen molar-refractivity contribution in [2.75, 3.05) is 11.4 Å². The maximum atomic E-state index is 12.3. The number of benzene rings is 1. The molecule has 2 rings (SSSR count). The lowest BCUT2D eigenvalue weighted by Crippen LogP contribution is -2.41. The molecule has 0 bridgehead atoms. The molecular weight excluding hydrogens is 244 g/mol. The molecule has 5 heteroatoms. The molecule has 0 radical (unpaired) electrons. The number of hydrogen-bond acceptors (Lipinski definition) is 3. The highest BCUT2D eigenvalue weighted by molar-refractivity contribution is 5.99.